The molecule has 5 aromatic rings. The molecule has 1 amide bonds. The molecule has 0 radical (unpaired) electrons. The van der Waals surface area contributed by atoms with E-state index >= 15 is 0 Å². The maximum atomic E-state index is 14.8. The fourth-order valence-corrected chi connectivity index (χ4v) is 3.72. The summed E-state index contributed by atoms with van der Waals surface area (Å²) >= 11 is 0. The van der Waals surface area contributed by atoms with E-state index in [4.69, 9.17) is 0 Å². The lowest BCUT2D eigenvalue weighted by molar-refractivity contribution is -0.111. The van der Waals surface area contributed by atoms with Gasteiger partial charge in [-0.2, -0.15) is 10.1 Å². The molecule has 10 heteroatoms. The minimum absolute atomic E-state index is 0.127. The molecule has 3 aromatic heterocycles. The van der Waals surface area contributed by atoms with Crippen molar-refractivity contribution in [2.24, 2.45) is 7.05 Å². The number of anilines is 5. The van der Waals surface area contributed by atoms with E-state index in [1.54, 1.807) is 42.7 Å². The summed E-state index contributed by atoms with van der Waals surface area (Å²) in [5.41, 5.74) is 2.70. The van der Waals surface area contributed by atoms with Gasteiger partial charge >= 0.3 is 0 Å². The number of amides is 1. The number of benzene rings is 2. The second-order valence-corrected chi connectivity index (χ2v) is 7.90. The van der Waals surface area contributed by atoms with E-state index in [0.29, 0.717) is 28.7 Å². The Morgan fingerprint density at radius 2 is 1.94 bits per heavy atom. The number of carbonyl (C=O) groups excluding carboxylic acids is 1. The topological polar surface area (TPSA) is 110 Å². The predicted molar refractivity (Wildman–Crippen MR) is 138 cm³/mol. The number of hydrogen-bond donors (Lipinski definition) is 3. The Morgan fingerprint density at radius 3 is 2.75 bits per heavy atom. The molecule has 3 N–H and O–H groups in total. The van der Waals surface area contributed by atoms with Gasteiger partial charge in [-0.3, -0.25) is 14.5 Å². The molecule has 0 fully saturated rings. The van der Waals surface area contributed by atoms with E-state index in [9.17, 15) is 9.18 Å². The zero-order valence-corrected chi connectivity index (χ0v) is 19.2. The van der Waals surface area contributed by atoms with Gasteiger partial charge in [0.15, 0.2) is 0 Å². The van der Waals surface area contributed by atoms with Crippen LogP contribution >= 0.6 is 0 Å². The van der Waals surface area contributed by atoms with Crippen LogP contribution in [0.3, 0.4) is 0 Å². The van der Waals surface area contributed by atoms with Crippen LogP contribution in [0.25, 0.3) is 21.9 Å². The Bertz CT molecular complexity index is 1590. The van der Waals surface area contributed by atoms with Crippen molar-refractivity contribution in [2.75, 3.05) is 16.0 Å². The van der Waals surface area contributed by atoms with E-state index in [1.807, 2.05) is 24.3 Å². The van der Waals surface area contributed by atoms with E-state index in [2.05, 4.69) is 42.6 Å². The van der Waals surface area contributed by atoms with Gasteiger partial charge in [-0.15, -0.1) is 0 Å². The van der Waals surface area contributed by atoms with Crippen molar-refractivity contribution >= 4 is 45.5 Å². The van der Waals surface area contributed by atoms with E-state index in [1.165, 1.54) is 18.2 Å². The molecule has 5 rings (SSSR count). The number of hydrogen-bond acceptors (Lipinski definition) is 7. The number of fused-ring (bicyclic) bond motifs is 1. The number of halogens is 1. The van der Waals surface area contributed by atoms with Gasteiger partial charge < -0.3 is 16.0 Å². The summed E-state index contributed by atoms with van der Waals surface area (Å²) in [5, 5.41) is 14.9. The Balaban J connectivity index is 1.60. The lowest BCUT2D eigenvalue weighted by Crippen LogP contribution is -2.08. The first-order valence-corrected chi connectivity index (χ1v) is 11.0. The summed E-state index contributed by atoms with van der Waals surface area (Å²) in [7, 11) is 1.80. The first-order chi connectivity index (χ1) is 17.5. The zero-order chi connectivity index (χ0) is 25.1. The number of nitrogens with one attached hydrogen (secondary N) is 3. The van der Waals surface area contributed by atoms with E-state index in [0.717, 1.165) is 22.4 Å². The van der Waals surface area contributed by atoms with Gasteiger partial charge in [0.1, 0.15) is 11.6 Å². The van der Waals surface area contributed by atoms with Crippen molar-refractivity contribution in [2.45, 2.75) is 0 Å². The van der Waals surface area contributed by atoms with Crippen LogP contribution in [0.15, 0.2) is 86.1 Å². The van der Waals surface area contributed by atoms with Gasteiger partial charge in [-0.1, -0.05) is 24.8 Å². The highest BCUT2D eigenvalue weighted by atomic mass is 19.1. The molecule has 0 saturated carbocycles. The SMILES string of the molecule is C=CC(=O)Nc1ccc(F)c(Nc2nc(Nc3cnn(C)c3)ncc2-c2cccc3ccncc23)c1. The van der Waals surface area contributed by atoms with Crippen molar-refractivity contribution in [1.29, 1.82) is 0 Å². The fourth-order valence-electron chi connectivity index (χ4n) is 3.72. The van der Waals surface area contributed by atoms with Crippen LogP contribution in [0.5, 0.6) is 0 Å². The molecule has 0 aliphatic rings. The zero-order valence-electron chi connectivity index (χ0n) is 19.2. The third-order valence-electron chi connectivity index (χ3n) is 5.40. The highest BCUT2D eigenvalue weighted by Crippen LogP contribution is 2.35. The van der Waals surface area contributed by atoms with Crippen molar-refractivity contribution in [1.82, 2.24) is 24.7 Å². The largest absolute Gasteiger partial charge is 0.337 e. The Kier molecular flexibility index (Phi) is 6.06. The van der Waals surface area contributed by atoms with Crippen LogP contribution in [0.1, 0.15) is 0 Å². The molecule has 36 heavy (non-hydrogen) atoms. The average Bonchev–Trinajstić information content (AvgIpc) is 3.30. The molecule has 0 aliphatic heterocycles. The molecular weight excluding hydrogens is 459 g/mol. The Labute approximate surface area is 205 Å². The highest BCUT2D eigenvalue weighted by Gasteiger charge is 2.15. The minimum Gasteiger partial charge on any atom is -0.337 e. The van der Waals surface area contributed by atoms with E-state index < -0.39 is 11.7 Å². The van der Waals surface area contributed by atoms with Gasteiger partial charge in [0.2, 0.25) is 11.9 Å². The average molecular weight is 481 g/mol. The summed E-state index contributed by atoms with van der Waals surface area (Å²) in [4.78, 5) is 25.1. The van der Waals surface area contributed by atoms with Gasteiger partial charge in [-0.05, 0) is 41.3 Å². The number of carbonyl (C=O) groups is 1. The molecule has 9 nitrogen and oxygen atoms in total. The smallest absolute Gasteiger partial charge is 0.247 e. The lowest BCUT2D eigenvalue weighted by atomic mass is 10.0. The first-order valence-electron chi connectivity index (χ1n) is 11.0. The fraction of sp³-hybridized carbons (Fsp3) is 0.0385. The van der Waals surface area contributed by atoms with Crippen LogP contribution in [-0.2, 0) is 11.8 Å². The highest BCUT2D eigenvalue weighted by molar-refractivity contribution is 6.00. The normalized spacial score (nSPS) is 10.7. The van der Waals surface area contributed by atoms with Crippen molar-refractivity contribution in [3.63, 3.8) is 0 Å². The van der Waals surface area contributed by atoms with Gasteiger partial charge in [-0.25, -0.2) is 9.37 Å². The molecule has 0 unspecified atom stereocenters. The third kappa shape index (κ3) is 4.73. The standard InChI is InChI=1S/C26H21FN8O/c1-3-24(36)31-17-7-8-22(27)23(11-17)33-25-21(19-6-4-5-16-9-10-28-13-20(16)19)14-29-26(34-25)32-18-12-30-35(2)15-18/h3-15H,1H2,2H3,(H,31,36)(H2,29,32,33,34). The monoisotopic (exact) mass is 480 g/mol. The summed E-state index contributed by atoms with van der Waals surface area (Å²) in [6.07, 6.45) is 9.72. The van der Waals surface area contributed by atoms with Crippen LogP contribution < -0.4 is 16.0 Å². The molecular formula is C26H21FN8O. The molecule has 0 spiro atoms. The Morgan fingerprint density at radius 1 is 1.06 bits per heavy atom. The minimum atomic E-state index is -0.516. The summed E-state index contributed by atoms with van der Waals surface area (Å²) in [5.74, 6) is -0.262. The number of rotatable bonds is 7. The number of aromatic nitrogens is 5. The van der Waals surface area contributed by atoms with Crippen LogP contribution in [0.4, 0.5) is 33.2 Å². The quantitative estimate of drug-likeness (QED) is 0.276. The maximum absolute atomic E-state index is 14.8. The van der Waals surface area contributed by atoms with Crippen LogP contribution in [0, 0.1) is 5.82 Å². The molecule has 3 heterocycles. The molecule has 2 aromatic carbocycles. The van der Waals surface area contributed by atoms with Crippen molar-refractivity contribution in [3.05, 3.63) is 91.9 Å². The van der Waals surface area contributed by atoms with Gasteiger partial charge in [0.25, 0.3) is 0 Å². The summed E-state index contributed by atoms with van der Waals surface area (Å²) in [6.45, 7) is 3.44. The lowest BCUT2D eigenvalue weighted by Gasteiger charge is -2.15. The van der Waals surface area contributed by atoms with Crippen LogP contribution in [0.2, 0.25) is 0 Å². The molecule has 0 bridgehead atoms. The number of nitrogens with zero attached hydrogens (tertiary/aromatic N) is 5. The van der Waals surface area contributed by atoms with E-state index in [-0.39, 0.29) is 5.69 Å². The van der Waals surface area contributed by atoms with Crippen molar-refractivity contribution in [3.8, 4) is 11.1 Å². The summed E-state index contributed by atoms with van der Waals surface area (Å²) in [6, 6.07) is 12.0. The number of aryl methyl sites for hydroxylation is 1. The second kappa shape index (κ2) is 9.63. The predicted octanol–water partition coefficient (Wildman–Crippen LogP) is 5.18. The Hall–Kier alpha value is -5.12. The maximum Gasteiger partial charge on any atom is 0.247 e. The molecule has 0 atom stereocenters. The first kappa shape index (κ1) is 22.7. The van der Waals surface area contributed by atoms with Gasteiger partial charge in [0, 0.05) is 48.5 Å². The van der Waals surface area contributed by atoms with Gasteiger partial charge in [0.05, 0.1) is 17.6 Å². The molecule has 178 valence electrons. The molecule has 0 saturated heterocycles. The number of pyridine rings is 1. The summed E-state index contributed by atoms with van der Waals surface area (Å²) < 4.78 is 16.5. The third-order valence-corrected chi connectivity index (χ3v) is 5.40. The van der Waals surface area contributed by atoms with Crippen LogP contribution in [-0.4, -0.2) is 30.6 Å². The van der Waals surface area contributed by atoms with Crippen molar-refractivity contribution < 1.29 is 9.18 Å². The molecule has 0 aliphatic carbocycles. The second-order valence-electron chi connectivity index (χ2n) is 7.90.